The normalized spacial score (nSPS) is 24.0. The monoisotopic (exact) mass is 338 g/mol. The van der Waals surface area contributed by atoms with E-state index in [1.165, 1.54) is 31.0 Å². The fourth-order valence-electron chi connectivity index (χ4n) is 4.56. The van der Waals surface area contributed by atoms with E-state index >= 15 is 0 Å². The van der Waals surface area contributed by atoms with Gasteiger partial charge >= 0.3 is 0 Å². The number of benzene rings is 1. The van der Waals surface area contributed by atoms with E-state index in [2.05, 4.69) is 17.1 Å². The highest BCUT2D eigenvalue weighted by molar-refractivity contribution is 5.23. The highest BCUT2D eigenvalue weighted by Crippen LogP contribution is 2.39. The number of halogens is 2. The molecule has 0 radical (unpaired) electrons. The van der Waals surface area contributed by atoms with Gasteiger partial charge in [0.1, 0.15) is 11.6 Å². The minimum absolute atomic E-state index is 0.0692. The molecule has 1 saturated carbocycles. The molecule has 1 heterocycles. The largest absolute Gasteiger partial charge is 0.379 e. The lowest BCUT2D eigenvalue weighted by Crippen LogP contribution is -2.61. The number of hydrogen-bond donors (Lipinski definition) is 1. The first-order valence-corrected chi connectivity index (χ1v) is 9.07. The van der Waals surface area contributed by atoms with E-state index in [1.807, 2.05) is 6.92 Å². The number of morpholine rings is 1. The summed E-state index contributed by atoms with van der Waals surface area (Å²) in [5.41, 5.74) is 0.208. The average Bonchev–Trinajstić information content (AvgIpc) is 3.06. The summed E-state index contributed by atoms with van der Waals surface area (Å²) in [4.78, 5) is 2.53. The molecule has 1 aromatic carbocycles. The maximum Gasteiger partial charge on any atom is 0.130 e. The lowest BCUT2D eigenvalue weighted by molar-refractivity contribution is -0.0345. The highest BCUT2D eigenvalue weighted by atomic mass is 19.1. The summed E-state index contributed by atoms with van der Waals surface area (Å²) in [5, 5.41) is 3.50. The fraction of sp³-hybridized carbons (Fsp3) is 0.684. The van der Waals surface area contributed by atoms with Crippen LogP contribution in [0.2, 0.25) is 0 Å². The Balaban J connectivity index is 1.77. The summed E-state index contributed by atoms with van der Waals surface area (Å²) < 4.78 is 33.6. The van der Waals surface area contributed by atoms with Crippen molar-refractivity contribution in [2.45, 2.75) is 57.2 Å². The standard InChI is InChI=1S/C19H28F2N2O/c1-14(18-16(20)6-5-7-17(18)21)22-15(2)19(8-3-4-9-19)23-10-12-24-13-11-23/h5-7,14-15,22H,3-4,8-13H2,1-2H3/t14-,15+/m0/s1. The van der Waals surface area contributed by atoms with Crippen LogP contribution in [0.1, 0.15) is 51.1 Å². The van der Waals surface area contributed by atoms with Crippen LogP contribution in [0, 0.1) is 11.6 Å². The van der Waals surface area contributed by atoms with Gasteiger partial charge in [0, 0.05) is 36.3 Å². The summed E-state index contributed by atoms with van der Waals surface area (Å²) in [7, 11) is 0. The molecular formula is C19H28F2N2O. The Morgan fingerprint density at radius 3 is 2.25 bits per heavy atom. The van der Waals surface area contributed by atoms with E-state index in [9.17, 15) is 8.78 Å². The van der Waals surface area contributed by atoms with Crippen LogP contribution < -0.4 is 5.32 Å². The van der Waals surface area contributed by atoms with Crippen LogP contribution in [0.3, 0.4) is 0 Å². The zero-order chi connectivity index (χ0) is 17.2. The van der Waals surface area contributed by atoms with Crippen LogP contribution in [0.15, 0.2) is 18.2 Å². The molecule has 0 unspecified atom stereocenters. The molecule has 2 atom stereocenters. The predicted molar refractivity (Wildman–Crippen MR) is 91.0 cm³/mol. The van der Waals surface area contributed by atoms with E-state index in [0.29, 0.717) is 0 Å². The molecule has 1 N–H and O–H groups in total. The van der Waals surface area contributed by atoms with Crippen molar-refractivity contribution in [3.63, 3.8) is 0 Å². The molecule has 0 aromatic heterocycles. The quantitative estimate of drug-likeness (QED) is 0.887. The van der Waals surface area contributed by atoms with Crippen molar-refractivity contribution >= 4 is 0 Å². The van der Waals surface area contributed by atoms with E-state index in [4.69, 9.17) is 4.74 Å². The second-order valence-electron chi connectivity index (χ2n) is 7.16. The third-order valence-corrected chi connectivity index (χ3v) is 5.85. The summed E-state index contributed by atoms with van der Waals surface area (Å²) in [6.45, 7) is 7.43. The molecule has 0 bridgehead atoms. The van der Waals surface area contributed by atoms with Crippen molar-refractivity contribution < 1.29 is 13.5 Å². The molecule has 1 saturated heterocycles. The molecule has 3 nitrogen and oxygen atoms in total. The van der Waals surface area contributed by atoms with Crippen LogP contribution in [-0.4, -0.2) is 42.8 Å². The second-order valence-corrected chi connectivity index (χ2v) is 7.16. The molecule has 2 fully saturated rings. The average molecular weight is 338 g/mol. The topological polar surface area (TPSA) is 24.5 Å². The van der Waals surface area contributed by atoms with Gasteiger partial charge in [-0.15, -0.1) is 0 Å². The Morgan fingerprint density at radius 2 is 1.67 bits per heavy atom. The minimum Gasteiger partial charge on any atom is -0.379 e. The van der Waals surface area contributed by atoms with Crippen LogP contribution >= 0.6 is 0 Å². The molecule has 1 aromatic rings. The summed E-state index contributed by atoms with van der Waals surface area (Å²) in [6.07, 6.45) is 4.69. The van der Waals surface area contributed by atoms with Gasteiger partial charge < -0.3 is 10.1 Å². The third-order valence-electron chi connectivity index (χ3n) is 5.85. The SMILES string of the molecule is C[C@H](N[C@H](C)C1(N2CCOCC2)CCCC1)c1c(F)cccc1F. The first-order chi connectivity index (χ1) is 11.5. The predicted octanol–water partition coefficient (Wildman–Crippen LogP) is 3.65. The Labute approximate surface area is 143 Å². The van der Waals surface area contributed by atoms with Crippen molar-refractivity contribution in [3.05, 3.63) is 35.4 Å². The van der Waals surface area contributed by atoms with Crippen molar-refractivity contribution in [1.29, 1.82) is 0 Å². The third kappa shape index (κ3) is 3.35. The summed E-state index contributed by atoms with van der Waals surface area (Å²) in [6, 6.07) is 3.87. The van der Waals surface area contributed by atoms with Crippen LogP contribution in [0.25, 0.3) is 0 Å². The highest BCUT2D eigenvalue weighted by Gasteiger charge is 2.44. The lowest BCUT2D eigenvalue weighted by Gasteiger charge is -2.48. The second kappa shape index (κ2) is 7.46. The molecule has 24 heavy (non-hydrogen) atoms. The smallest absolute Gasteiger partial charge is 0.130 e. The van der Waals surface area contributed by atoms with Gasteiger partial charge in [0.25, 0.3) is 0 Å². The zero-order valence-electron chi connectivity index (χ0n) is 14.7. The first kappa shape index (κ1) is 17.8. The van der Waals surface area contributed by atoms with Gasteiger partial charge in [0.05, 0.1) is 13.2 Å². The molecule has 0 amide bonds. The first-order valence-electron chi connectivity index (χ1n) is 9.07. The summed E-state index contributed by atoms with van der Waals surface area (Å²) >= 11 is 0. The van der Waals surface area contributed by atoms with Gasteiger partial charge in [-0.05, 0) is 38.8 Å². The number of rotatable bonds is 5. The fourth-order valence-corrected chi connectivity index (χ4v) is 4.56. The maximum atomic E-state index is 14.1. The Bertz CT molecular complexity index is 534. The number of ether oxygens (including phenoxy) is 1. The van der Waals surface area contributed by atoms with Crippen LogP contribution in [0.4, 0.5) is 8.78 Å². The molecular weight excluding hydrogens is 310 g/mol. The Morgan fingerprint density at radius 1 is 1.08 bits per heavy atom. The Kier molecular flexibility index (Phi) is 5.52. The van der Waals surface area contributed by atoms with E-state index in [0.717, 1.165) is 39.1 Å². The lowest BCUT2D eigenvalue weighted by atomic mass is 9.85. The number of hydrogen-bond acceptors (Lipinski definition) is 3. The van der Waals surface area contributed by atoms with Crippen molar-refractivity contribution in [1.82, 2.24) is 10.2 Å². The molecule has 3 rings (SSSR count). The van der Waals surface area contributed by atoms with Crippen LogP contribution in [0.5, 0.6) is 0 Å². The number of nitrogens with zero attached hydrogens (tertiary/aromatic N) is 1. The van der Waals surface area contributed by atoms with Crippen molar-refractivity contribution in [3.8, 4) is 0 Å². The van der Waals surface area contributed by atoms with Crippen molar-refractivity contribution in [2.75, 3.05) is 26.3 Å². The van der Waals surface area contributed by atoms with E-state index < -0.39 is 11.6 Å². The minimum atomic E-state index is -0.478. The van der Waals surface area contributed by atoms with E-state index in [-0.39, 0.29) is 23.2 Å². The molecule has 134 valence electrons. The van der Waals surface area contributed by atoms with Crippen LogP contribution in [-0.2, 0) is 4.74 Å². The number of nitrogens with one attached hydrogen (secondary N) is 1. The van der Waals surface area contributed by atoms with Gasteiger partial charge in [-0.2, -0.15) is 0 Å². The van der Waals surface area contributed by atoms with E-state index in [1.54, 1.807) is 0 Å². The molecule has 0 spiro atoms. The maximum absolute atomic E-state index is 14.1. The van der Waals surface area contributed by atoms with Gasteiger partial charge in [0.2, 0.25) is 0 Å². The summed E-state index contributed by atoms with van der Waals surface area (Å²) in [5.74, 6) is -0.955. The molecule has 1 aliphatic heterocycles. The van der Waals surface area contributed by atoms with Gasteiger partial charge in [-0.1, -0.05) is 18.9 Å². The molecule has 1 aliphatic carbocycles. The Hall–Kier alpha value is -1.04. The van der Waals surface area contributed by atoms with Gasteiger partial charge in [-0.3, -0.25) is 4.90 Å². The van der Waals surface area contributed by atoms with Gasteiger partial charge in [-0.25, -0.2) is 8.78 Å². The zero-order valence-corrected chi connectivity index (χ0v) is 14.7. The van der Waals surface area contributed by atoms with Gasteiger partial charge in [0.15, 0.2) is 0 Å². The van der Waals surface area contributed by atoms with Crippen molar-refractivity contribution in [2.24, 2.45) is 0 Å². The molecule has 5 heteroatoms. The molecule has 2 aliphatic rings.